The molecule has 0 fully saturated rings. The van der Waals surface area contributed by atoms with E-state index in [1.165, 1.54) is 0 Å². The van der Waals surface area contributed by atoms with Crippen molar-refractivity contribution in [3.63, 3.8) is 0 Å². The molecular weight excluding hydrogens is 328 g/mol. The van der Waals surface area contributed by atoms with Gasteiger partial charge in [0, 0.05) is 23.7 Å². The number of anilines is 1. The predicted octanol–water partition coefficient (Wildman–Crippen LogP) is 2.13. The molecule has 1 N–H and O–H groups in total. The van der Waals surface area contributed by atoms with Crippen molar-refractivity contribution in [1.82, 2.24) is 5.16 Å². The van der Waals surface area contributed by atoms with Crippen LogP contribution in [-0.2, 0) is 20.7 Å². The maximum atomic E-state index is 11.9. The highest BCUT2D eigenvalue weighted by atomic mass is 16.7. The summed E-state index contributed by atoms with van der Waals surface area (Å²) in [5.74, 6) is 0.995. The number of carbonyl (C=O) groups excluding carboxylic acids is 2. The van der Waals surface area contributed by atoms with E-state index in [1.807, 2.05) is 6.92 Å². The van der Waals surface area contributed by atoms with Crippen LogP contribution in [0.5, 0.6) is 11.5 Å². The van der Waals surface area contributed by atoms with Crippen molar-refractivity contribution in [1.29, 1.82) is 0 Å². The summed E-state index contributed by atoms with van der Waals surface area (Å²) in [6.45, 7) is 3.42. The van der Waals surface area contributed by atoms with Crippen LogP contribution >= 0.6 is 0 Å². The van der Waals surface area contributed by atoms with Crippen LogP contribution < -0.4 is 14.8 Å². The van der Waals surface area contributed by atoms with Crippen LogP contribution in [0.25, 0.3) is 0 Å². The Balaban J connectivity index is 1.43. The molecule has 0 aliphatic carbocycles. The monoisotopic (exact) mass is 346 g/mol. The van der Waals surface area contributed by atoms with Crippen LogP contribution in [0.15, 0.2) is 22.7 Å². The number of benzene rings is 1. The zero-order valence-corrected chi connectivity index (χ0v) is 14.0. The Bertz CT molecular complexity index is 779. The fourth-order valence-corrected chi connectivity index (χ4v) is 2.48. The zero-order chi connectivity index (χ0) is 17.8. The molecule has 0 spiro atoms. The zero-order valence-electron chi connectivity index (χ0n) is 14.0. The van der Waals surface area contributed by atoms with Crippen molar-refractivity contribution in [2.75, 3.05) is 18.7 Å². The smallest absolute Gasteiger partial charge is 0.306 e. The molecule has 1 aliphatic heterocycles. The Hall–Kier alpha value is -3.03. The first-order valence-corrected chi connectivity index (χ1v) is 7.80. The highest BCUT2D eigenvalue weighted by Gasteiger charge is 2.15. The quantitative estimate of drug-likeness (QED) is 0.800. The molecule has 0 atom stereocenters. The second kappa shape index (κ2) is 7.25. The molecule has 0 radical (unpaired) electrons. The molecule has 132 valence electrons. The minimum absolute atomic E-state index is 0.153. The van der Waals surface area contributed by atoms with Gasteiger partial charge < -0.3 is 24.1 Å². The highest BCUT2D eigenvalue weighted by Crippen LogP contribution is 2.34. The molecule has 1 aliphatic rings. The Morgan fingerprint density at radius 3 is 2.80 bits per heavy atom. The number of ether oxygens (including phenoxy) is 3. The van der Waals surface area contributed by atoms with Crippen molar-refractivity contribution in [2.45, 2.75) is 26.7 Å². The number of aromatic nitrogens is 1. The summed E-state index contributed by atoms with van der Waals surface area (Å²) in [7, 11) is 0. The van der Waals surface area contributed by atoms with Crippen LogP contribution in [0.4, 0.5) is 5.69 Å². The number of nitrogens with zero attached hydrogens (tertiary/aromatic N) is 1. The van der Waals surface area contributed by atoms with E-state index in [9.17, 15) is 9.59 Å². The summed E-state index contributed by atoms with van der Waals surface area (Å²) in [5.41, 5.74) is 2.19. The molecule has 0 saturated carbocycles. The van der Waals surface area contributed by atoms with Gasteiger partial charge in [-0.1, -0.05) is 5.16 Å². The fourth-order valence-electron chi connectivity index (χ4n) is 2.48. The van der Waals surface area contributed by atoms with Gasteiger partial charge in [-0.3, -0.25) is 9.59 Å². The number of fused-ring (bicyclic) bond motifs is 1. The van der Waals surface area contributed by atoms with Gasteiger partial charge in [0.1, 0.15) is 5.76 Å². The Morgan fingerprint density at radius 2 is 2.04 bits per heavy atom. The second-order valence-corrected chi connectivity index (χ2v) is 5.58. The average Bonchev–Trinajstić information content (AvgIpc) is 3.17. The maximum Gasteiger partial charge on any atom is 0.306 e. The molecule has 2 aromatic rings. The van der Waals surface area contributed by atoms with Gasteiger partial charge in [0.25, 0.3) is 5.91 Å². The van der Waals surface area contributed by atoms with E-state index in [-0.39, 0.29) is 19.8 Å². The Labute approximate surface area is 144 Å². The largest absolute Gasteiger partial charge is 0.456 e. The van der Waals surface area contributed by atoms with Crippen LogP contribution in [0.3, 0.4) is 0 Å². The van der Waals surface area contributed by atoms with Gasteiger partial charge in [-0.25, -0.2) is 0 Å². The van der Waals surface area contributed by atoms with Crippen molar-refractivity contribution in [2.24, 2.45) is 0 Å². The lowest BCUT2D eigenvalue weighted by atomic mass is 10.1. The lowest BCUT2D eigenvalue weighted by Gasteiger charge is -2.07. The number of amides is 1. The van der Waals surface area contributed by atoms with Gasteiger partial charge in [-0.15, -0.1) is 0 Å². The molecule has 25 heavy (non-hydrogen) atoms. The highest BCUT2D eigenvalue weighted by molar-refractivity contribution is 5.93. The molecule has 1 aromatic heterocycles. The molecule has 1 amide bonds. The van der Waals surface area contributed by atoms with Crippen LogP contribution in [-0.4, -0.2) is 30.4 Å². The lowest BCUT2D eigenvalue weighted by Crippen LogP contribution is -2.21. The van der Waals surface area contributed by atoms with Crippen LogP contribution in [0.1, 0.15) is 23.4 Å². The van der Waals surface area contributed by atoms with E-state index < -0.39 is 11.9 Å². The first-order valence-electron chi connectivity index (χ1n) is 7.80. The number of hydrogen-bond donors (Lipinski definition) is 1. The minimum Gasteiger partial charge on any atom is -0.456 e. The van der Waals surface area contributed by atoms with Gasteiger partial charge in [0.2, 0.25) is 6.79 Å². The molecule has 0 unspecified atom stereocenters. The van der Waals surface area contributed by atoms with Crippen molar-refractivity contribution in [3.05, 3.63) is 35.2 Å². The number of nitrogens with one attached hydrogen (secondary N) is 1. The molecule has 0 bridgehead atoms. The SMILES string of the molecule is Cc1noc(C)c1CCC(=O)OCC(=O)Nc1ccc2c(c1)OCO2. The van der Waals surface area contributed by atoms with E-state index in [1.54, 1.807) is 25.1 Å². The number of carbonyl (C=O) groups is 2. The van der Waals surface area contributed by atoms with Gasteiger partial charge in [0.15, 0.2) is 18.1 Å². The third-order valence-electron chi connectivity index (χ3n) is 3.78. The standard InChI is InChI=1S/C17H18N2O6/c1-10-13(11(2)25-19-10)4-6-17(21)22-8-16(20)18-12-3-5-14-15(7-12)24-9-23-14/h3,5,7H,4,6,8-9H2,1-2H3,(H,18,20). The summed E-state index contributed by atoms with van der Waals surface area (Å²) in [6, 6.07) is 5.04. The Kier molecular flexibility index (Phi) is 4.87. The first kappa shape index (κ1) is 16.8. The van der Waals surface area contributed by atoms with E-state index in [4.69, 9.17) is 18.7 Å². The first-order chi connectivity index (χ1) is 12.0. The molecule has 8 nitrogen and oxygen atoms in total. The molecule has 0 saturated heterocycles. The summed E-state index contributed by atoms with van der Waals surface area (Å²) >= 11 is 0. The minimum atomic E-state index is -0.458. The third-order valence-corrected chi connectivity index (χ3v) is 3.78. The van der Waals surface area contributed by atoms with Crippen molar-refractivity contribution < 1.29 is 28.3 Å². The lowest BCUT2D eigenvalue weighted by molar-refractivity contribution is -0.147. The summed E-state index contributed by atoms with van der Waals surface area (Å²) in [4.78, 5) is 23.7. The second-order valence-electron chi connectivity index (χ2n) is 5.58. The summed E-state index contributed by atoms with van der Waals surface area (Å²) in [5, 5.41) is 6.47. The topological polar surface area (TPSA) is 99.9 Å². The van der Waals surface area contributed by atoms with E-state index in [0.29, 0.717) is 29.4 Å². The van der Waals surface area contributed by atoms with Crippen LogP contribution in [0, 0.1) is 13.8 Å². The van der Waals surface area contributed by atoms with Gasteiger partial charge in [0.05, 0.1) is 5.69 Å². The molecule has 2 heterocycles. The maximum absolute atomic E-state index is 11.9. The summed E-state index contributed by atoms with van der Waals surface area (Å²) < 4.78 is 20.5. The van der Waals surface area contributed by atoms with Gasteiger partial charge in [-0.2, -0.15) is 0 Å². The number of esters is 1. The molecule has 8 heteroatoms. The Morgan fingerprint density at radius 1 is 1.24 bits per heavy atom. The third kappa shape index (κ3) is 4.09. The van der Waals surface area contributed by atoms with E-state index in [2.05, 4.69) is 10.5 Å². The average molecular weight is 346 g/mol. The number of aryl methyl sites for hydroxylation is 2. The number of rotatable bonds is 6. The molecular formula is C17H18N2O6. The van der Waals surface area contributed by atoms with Gasteiger partial charge in [-0.05, 0) is 32.4 Å². The summed E-state index contributed by atoms with van der Waals surface area (Å²) in [6.07, 6.45) is 0.615. The van der Waals surface area contributed by atoms with E-state index in [0.717, 1.165) is 11.3 Å². The van der Waals surface area contributed by atoms with Crippen molar-refractivity contribution >= 4 is 17.6 Å². The predicted molar refractivity (Wildman–Crippen MR) is 86.5 cm³/mol. The molecule has 1 aromatic carbocycles. The van der Waals surface area contributed by atoms with Gasteiger partial charge >= 0.3 is 5.97 Å². The number of hydrogen-bond acceptors (Lipinski definition) is 7. The van der Waals surface area contributed by atoms with Crippen molar-refractivity contribution in [3.8, 4) is 11.5 Å². The van der Waals surface area contributed by atoms with Crippen LogP contribution in [0.2, 0.25) is 0 Å². The normalized spacial score (nSPS) is 12.1. The fraction of sp³-hybridized carbons (Fsp3) is 0.353. The van der Waals surface area contributed by atoms with E-state index >= 15 is 0 Å². The molecule has 3 rings (SSSR count).